The van der Waals surface area contributed by atoms with E-state index >= 15 is 0 Å². The SMILES string of the molecule is CCS(=O)(=O)c1ccc(NC(=O)COC(C)(C)C)cc1. The van der Waals surface area contributed by atoms with Crippen molar-refractivity contribution >= 4 is 21.4 Å². The summed E-state index contributed by atoms with van der Waals surface area (Å²) < 4.78 is 28.6. The molecule has 1 aromatic rings. The van der Waals surface area contributed by atoms with E-state index in [9.17, 15) is 13.2 Å². The molecule has 0 saturated heterocycles. The fourth-order valence-electron chi connectivity index (χ4n) is 1.39. The largest absolute Gasteiger partial charge is 0.366 e. The fraction of sp³-hybridized carbons (Fsp3) is 0.500. The molecular weight excluding hydrogens is 278 g/mol. The van der Waals surface area contributed by atoms with Crippen LogP contribution in [0.4, 0.5) is 5.69 Å². The summed E-state index contributed by atoms with van der Waals surface area (Å²) in [5.74, 6) is -0.219. The van der Waals surface area contributed by atoms with Gasteiger partial charge in [-0.2, -0.15) is 0 Å². The zero-order chi connectivity index (χ0) is 15.4. The van der Waals surface area contributed by atoms with E-state index in [4.69, 9.17) is 4.74 Å². The second kappa shape index (κ2) is 6.37. The molecule has 0 aliphatic carbocycles. The normalized spacial score (nSPS) is 12.2. The van der Waals surface area contributed by atoms with Gasteiger partial charge in [-0.05, 0) is 45.0 Å². The first-order chi connectivity index (χ1) is 9.14. The molecule has 0 fully saturated rings. The summed E-state index contributed by atoms with van der Waals surface area (Å²) in [7, 11) is -3.21. The van der Waals surface area contributed by atoms with Crippen molar-refractivity contribution in [1.82, 2.24) is 0 Å². The molecule has 0 aliphatic heterocycles. The van der Waals surface area contributed by atoms with Crippen LogP contribution in [0.25, 0.3) is 0 Å². The maximum atomic E-state index is 11.6. The van der Waals surface area contributed by atoms with Crippen LogP contribution in [-0.4, -0.2) is 32.3 Å². The lowest BCUT2D eigenvalue weighted by atomic mass is 10.2. The summed E-state index contributed by atoms with van der Waals surface area (Å²) in [5.41, 5.74) is 0.165. The molecule has 112 valence electrons. The Morgan fingerprint density at radius 1 is 1.20 bits per heavy atom. The highest BCUT2D eigenvalue weighted by Crippen LogP contribution is 2.15. The minimum absolute atomic E-state index is 0.0431. The molecule has 0 aromatic heterocycles. The van der Waals surface area contributed by atoms with Gasteiger partial charge in [0, 0.05) is 5.69 Å². The Hall–Kier alpha value is -1.40. The number of ether oxygens (including phenoxy) is 1. The Balaban J connectivity index is 2.65. The average Bonchev–Trinajstić information content (AvgIpc) is 2.36. The maximum absolute atomic E-state index is 11.6. The third-order valence-corrected chi connectivity index (χ3v) is 4.26. The van der Waals surface area contributed by atoms with Crippen molar-refractivity contribution in [3.8, 4) is 0 Å². The summed E-state index contributed by atoms with van der Waals surface area (Å²) >= 11 is 0. The predicted octanol–water partition coefficient (Wildman–Crippen LogP) is 2.23. The molecule has 0 atom stereocenters. The van der Waals surface area contributed by atoms with Crippen molar-refractivity contribution in [3.05, 3.63) is 24.3 Å². The van der Waals surface area contributed by atoms with E-state index in [-0.39, 0.29) is 28.8 Å². The fourth-order valence-corrected chi connectivity index (χ4v) is 2.28. The van der Waals surface area contributed by atoms with Crippen molar-refractivity contribution in [2.24, 2.45) is 0 Å². The van der Waals surface area contributed by atoms with Gasteiger partial charge in [0.2, 0.25) is 5.91 Å². The van der Waals surface area contributed by atoms with E-state index in [0.717, 1.165) is 0 Å². The molecule has 6 heteroatoms. The summed E-state index contributed by atoms with van der Waals surface area (Å²) in [5, 5.41) is 2.65. The van der Waals surface area contributed by atoms with E-state index in [1.807, 2.05) is 20.8 Å². The molecule has 0 saturated carbocycles. The zero-order valence-electron chi connectivity index (χ0n) is 12.3. The lowest BCUT2D eigenvalue weighted by molar-refractivity contribution is -0.125. The Kier molecular flexibility index (Phi) is 5.30. The lowest BCUT2D eigenvalue weighted by Gasteiger charge is -2.19. The van der Waals surface area contributed by atoms with Gasteiger partial charge in [0.05, 0.1) is 16.2 Å². The van der Waals surface area contributed by atoms with E-state index in [1.165, 1.54) is 12.1 Å². The van der Waals surface area contributed by atoms with Crippen LogP contribution in [0.15, 0.2) is 29.2 Å². The number of hydrogen-bond donors (Lipinski definition) is 1. The minimum atomic E-state index is -3.21. The van der Waals surface area contributed by atoms with Gasteiger partial charge in [0.15, 0.2) is 9.84 Å². The molecular formula is C14H21NO4S. The molecule has 5 nitrogen and oxygen atoms in total. The number of sulfone groups is 1. The van der Waals surface area contributed by atoms with Crippen molar-refractivity contribution in [2.75, 3.05) is 17.7 Å². The van der Waals surface area contributed by atoms with E-state index in [0.29, 0.717) is 5.69 Å². The van der Waals surface area contributed by atoms with Crippen molar-refractivity contribution in [1.29, 1.82) is 0 Å². The third kappa shape index (κ3) is 5.30. The molecule has 0 spiro atoms. The van der Waals surface area contributed by atoms with Crippen LogP contribution in [0.2, 0.25) is 0 Å². The number of nitrogens with one attached hydrogen (secondary N) is 1. The van der Waals surface area contributed by atoms with Crippen molar-refractivity contribution in [2.45, 2.75) is 38.2 Å². The Morgan fingerprint density at radius 2 is 1.75 bits per heavy atom. The average molecular weight is 299 g/mol. The third-order valence-electron chi connectivity index (χ3n) is 2.51. The highest BCUT2D eigenvalue weighted by Gasteiger charge is 2.14. The van der Waals surface area contributed by atoms with Crippen LogP contribution in [0.5, 0.6) is 0 Å². The number of carbonyl (C=O) groups excluding carboxylic acids is 1. The second-order valence-corrected chi connectivity index (χ2v) is 7.66. The number of hydrogen-bond acceptors (Lipinski definition) is 4. The van der Waals surface area contributed by atoms with Gasteiger partial charge in [0.25, 0.3) is 0 Å². The highest BCUT2D eigenvalue weighted by molar-refractivity contribution is 7.91. The molecule has 0 heterocycles. The number of anilines is 1. The lowest BCUT2D eigenvalue weighted by Crippen LogP contribution is -2.27. The summed E-state index contributed by atoms with van der Waals surface area (Å²) in [6.45, 7) is 7.15. The van der Waals surface area contributed by atoms with Crippen molar-refractivity contribution in [3.63, 3.8) is 0 Å². The Labute approximate surface area is 120 Å². The molecule has 1 rings (SSSR count). The number of benzene rings is 1. The van der Waals surface area contributed by atoms with Gasteiger partial charge in [-0.15, -0.1) is 0 Å². The first-order valence-corrected chi connectivity index (χ1v) is 8.06. The standard InChI is InChI=1S/C14H21NO4S/c1-5-20(17,18)12-8-6-11(7-9-12)15-13(16)10-19-14(2,3)4/h6-9H,5,10H2,1-4H3,(H,15,16). The molecule has 1 aromatic carbocycles. The molecule has 0 radical (unpaired) electrons. The zero-order valence-corrected chi connectivity index (χ0v) is 13.1. The Bertz CT molecular complexity index is 556. The molecule has 20 heavy (non-hydrogen) atoms. The van der Waals surface area contributed by atoms with E-state index in [2.05, 4.69) is 5.32 Å². The molecule has 0 unspecified atom stereocenters. The molecule has 1 N–H and O–H groups in total. The van der Waals surface area contributed by atoms with Crippen LogP contribution in [0.3, 0.4) is 0 Å². The first-order valence-electron chi connectivity index (χ1n) is 6.41. The van der Waals surface area contributed by atoms with E-state index in [1.54, 1.807) is 19.1 Å². The van der Waals surface area contributed by atoms with Crippen LogP contribution < -0.4 is 5.32 Å². The van der Waals surface area contributed by atoms with Crippen LogP contribution in [0, 0.1) is 0 Å². The van der Waals surface area contributed by atoms with Gasteiger partial charge < -0.3 is 10.1 Å². The van der Waals surface area contributed by atoms with Gasteiger partial charge in [-0.25, -0.2) is 8.42 Å². The monoisotopic (exact) mass is 299 g/mol. The minimum Gasteiger partial charge on any atom is -0.366 e. The van der Waals surface area contributed by atoms with Crippen LogP contribution in [-0.2, 0) is 19.4 Å². The van der Waals surface area contributed by atoms with Gasteiger partial charge in [0.1, 0.15) is 6.61 Å². The Morgan fingerprint density at radius 3 is 2.20 bits per heavy atom. The topological polar surface area (TPSA) is 72.5 Å². The predicted molar refractivity (Wildman–Crippen MR) is 78.5 cm³/mol. The van der Waals surface area contributed by atoms with E-state index < -0.39 is 9.84 Å². The quantitative estimate of drug-likeness (QED) is 0.905. The van der Waals surface area contributed by atoms with Gasteiger partial charge >= 0.3 is 0 Å². The van der Waals surface area contributed by atoms with Gasteiger partial charge in [-0.3, -0.25) is 4.79 Å². The van der Waals surface area contributed by atoms with Crippen LogP contribution >= 0.6 is 0 Å². The molecule has 0 aliphatic rings. The smallest absolute Gasteiger partial charge is 0.250 e. The maximum Gasteiger partial charge on any atom is 0.250 e. The second-order valence-electron chi connectivity index (χ2n) is 5.38. The first kappa shape index (κ1) is 16.7. The van der Waals surface area contributed by atoms with Crippen molar-refractivity contribution < 1.29 is 17.9 Å². The number of amides is 1. The number of rotatable bonds is 5. The molecule has 0 bridgehead atoms. The van der Waals surface area contributed by atoms with Crippen LogP contribution in [0.1, 0.15) is 27.7 Å². The highest BCUT2D eigenvalue weighted by atomic mass is 32.2. The summed E-state index contributed by atoms with van der Waals surface area (Å²) in [4.78, 5) is 11.9. The summed E-state index contributed by atoms with van der Waals surface area (Å²) in [6, 6.07) is 6.10. The number of carbonyl (C=O) groups is 1. The molecule has 1 amide bonds. The van der Waals surface area contributed by atoms with Gasteiger partial charge in [-0.1, -0.05) is 6.92 Å². The summed E-state index contributed by atoms with van der Waals surface area (Å²) in [6.07, 6.45) is 0.